The van der Waals surface area contributed by atoms with Crippen LogP contribution in [0.1, 0.15) is 22.5 Å². The molecule has 172 valence electrons. The van der Waals surface area contributed by atoms with Crippen LogP contribution in [0.2, 0.25) is 0 Å². The average Bonchev–Trinajstić information content (AvgIpc) is 2.77. The van der Waals surface area contributed by atoms with E-state index in [2.05, 4.69) is 30.6 Å². The van der Waals surface area contributed by atoms with Crippen molar-refractivity contribution in [1.29, 1.82) is 0 Å². The van der Waals surface area contributed by atoms with Crippen LogP contribution < -0.4 is 78.4 Å². The number of aliphatic carboxylic acids is 2. The molecule has 0 fully saturated rings. The normalized spacial score (nSPS) is 12.3. The predicted molar refractivity (Wildman–Crippen MR) is 110 cm³/mol. The molecular weight excluding hydrogens is 480 g/mol. The van der Waals surface area contributed by atoms with E-state index < -0.39 is 42.0 Å². The Bertz CT molecular complexity index is 1270. The summed E-state index contributed by atoms with van der Waals surface area (Å²) >= 11 is 0. The van der Waals surface area contributed by atoms with Crippen molar-refractivity contribution in [3.63, 3.8) is 0 Å². The van der Waals surface area contributed by atoms with Gasteiger partial charge < -0.3 is 31.4 Å². The van der Waals surface area contributed by atoms with Crippen LogP contribution in [-0.2, 0) is 16.1 Å². The number of amides is 1. The minimum absolute atomic E-state index is 0. The maximum Gasteiger partial charge on any atom is 1.00 e. The Balaban J connectivity index is 0.00000408. The van der Waals surface area contributed by atoms with Crippen molar-refractivity contribution >= 4 is 40.6 Å². The number of aromatic nitrogens is 4. The Morgan fingerprint density at radius 2 is 1.88 bits per heavy atom. The van der Waals surface area contributed by atoms with Gasteiger partial charge in [-0.1, -0.05) is 0 Å². The largest absolute Gasteiger partial charge is 1.00 e. The Morgan fingerprint density at radius 1 is 1.21 bits per heavy atom. The van der Waals surface area contributed by atoms with Crippen molar-refractivity contribution in [2.75, 3.05) is 11.1 Å². The maximum atomic E-state index is 13.3. The number of nitrogens with one attached hydrogen (secondary N) is 3. The van der Waals surface area contributed by atoms with E-state index in [1.54, 1.807) is 0 Å². The Labute approximate surface area is 232 Å². The quantitative estimate of drug-likeness (QED) is 0.178. The van der Waals surface area contributed by atoms with E-state index >= 15 is 0 Å². The number of carbonyl (C=O) groups is 3. The molecule has 0 bridgehead atoms. The predicted octanol–water partition coefficient (Wildman–Crippen LogP) is -4.43. The average molecular weight is 497 g/mol. The van der Waals surface area contributed by atoms with E-state index in [1.165, 1.54) is 30.5 Å². The number of rotatable bonds is 9. The van der Waals surface area contributed by atoms with Crippen LogP contribution in [-0.4, -0.2) is 55.1 Å². The van der Waals surface area contributed by atoms with Crippen LogP contribution >= 0.6 is 0 Å². The Hall–Kier alpha value is -2.98. The van der Waals surface area contributed by atoms with Crippen LogP contribution in [0, 0.1) is 0 Å². The van der Waals surface area contributed by atoms with Crippen LogP contribution in [0.15, 0.2) is 35.3 Å². The zero-order valence-corrected chi connectivity index (χ0v) is 20.9. The summed E-state index contributed by atoms with van der Waals surface area (Å²) in [6.45, 7) is 0.181. The molecule has 0 aliphatic heterocycles. The van der Waals surface area contributed by atoms with Crippen molar-refractivity contribution in [1.82, 2.24) is 25.3 Å². The van der Waals surface area contributed by atoms with Gasteiger partial charge in [0.15, 0.2) is 11.2 Å². The van der Waals surface area contributed by atoms with Gasteiger partial charge in [0.25, 0.3) is 11.5 Å². The summed E-state index contributed by atoms with van der Waals surface area (Å²) in [5, 5.41) is 24.6. The number of alkyl halides is 1. The third kappa shape index (κ3) is 7.01. The van der Waals surface area contributed by atoms with Crippen LogP contribution in [0.25, 0.3) is 11.2 Å². The number of benzene rings is 1. The van der Waals surface area contributed by atoms with E-state index in [9.17, 15) is 28.7 Å². The minimum atomic E-state index is -2.54. The maximum absolute atomic E-state index is 13.3. The summed E-state index contributed by atoms with van der Waals surface area (Å²) in [6.07, 6.45) is -2.10. The molecule has 34 heavy (non-hydrogen) atoms. The third-order valence-electron chi connectivity index (χ3n) is 4.41. The zero-order chi connectivity index (χ0) is 24.1. The van der Waals surface area contributed by atoms with Crippen molar-refractivity contribution in [3.05, 3.63) is 52.1 Å². The molecule has 2 aromatic heterocycles. The minimum Gasteiger partial charge on any atom is -0.547 e. The van der Waals surface area contributed by atoms with Gasteiger partial charge in [-0.05, 0) is 24.3 Å². The molecule has 0 spiro atoms. The topological polar surface area (TPSA) is 216 Å². The molecule has 13 nitrogen and oxygen atoms in total. The first kappa shape index (κ1) is 27.3. The van der Waals surface area contributed by atoms with E-state index in [-0.39, 0.29) is 80.6 Å². The number of carbonyl (C=O) groups excluding carboxylic acids is 2. The number of hydrogen-bond acceptors (Lipinski definition) is 10. The summed E-state index contributed by atoms with van der Waals surface area (Å²) in [6, 6.07) is 4.06. The molecule has 1 amide bonds. The number of nitrogens with zero attached hydrogens (tertiary/aromatic N) is 3. The van der Waals surface area contributed by atoms with Gasteiger partial charge in [0, 0.05) is 17.7 Å². The monoisotopic (exact) mass is 497 g/mol. The van der Waals surface area contributed by atoms with Crippen molar-refractivity contribution in [2.45, 2.75) is 25.2 Å². The fourth-order valence-corrected chi connectivity index (χ4v) is 2.75. The van der Waals surface area contributed by atoms with Gasteiger partial charge in [-0.25, -0.2) is 19.2 Å². The van der Waals surface area contributed by atoms with E-state index in [0.717, 1.165) is 0 Å². The molecule has 0 saturated heterocycles. The number of H-pyrrole nitrogens is 1. The Morgan fingerprint density at radius 3 is 2.50 bits per heavy atom. The second-order valence-electron chi connectivity index (χ2n) is 6.80. The molecule has 2 atom stereocenters. The van der Waals surface area contributed by atoms with Gasteiger partial charge >= 0.3 is 57.4 Å². The molecule has 1 aromatic carbocycles. The number of anilines is 2. The summed E-state index contributed by atoms with van der Waals surface area (Å²) in [5.74, 6) is -4.55. The fourth-order valence-electron chi connectivity index (χ4n) is 2.75. The number of fused-ring (bicyclic) bond motifs is 1. The summed E-state index contributed by atoms with van der Waals surface area (Å²) in [5.41, 5.74) is 6.12. The SMILES string of the molecule is Nc1nc2ncc(CNc3ccc(C(=O)N[C@@H](CC(F)C(=O)[O-])C(=O)O)cc3)nc2c(=O)[nH]1.[K+]. The summed E-state index contributed by atoms with van der Waals surface area (Å²) < 4.78 is 13.3. The van der Waals surface area contributed by atoms with Gasteiger partial charge in [0.05, 0.1) is 24.4 Å². The number of nitrogens with two attached hydrogens (primary N) is 1. The molecule has 2 heterocycles. The number of carboxylic acid groups (broad SMARTS) is 2. The number of aromatic amines is 1. The molecule has 0 radical (unpaired) electrons. The van der Waals surface area contributed by atoms with Crippen molar-refractivity contribution in [3.8, 4) is 0 Å². The van der Waals surface area contributed by atoms with Gasteiger partial charge in [-0.2, -0.15) is 4.98 Å². The van der Waals surface area contributed by atoms with E-state index in [1.807, 2.05) is 0 Å². The molecule has 3 aromatic rings. The van der Waals surface area contributed by atoms with Crippen LogP contribution in [0.4, 0.5) is 16.0 Å². The van der Waals surface area contributed by atoms with Crippen LogP contribution in [0.5, 0.6) is 0 Å². The molecule has 0 aliphatic carbocycles. The number of hydrogen-bond donors (Lipinski definition) is 5. The molecule has 6 N–H and O–H groups in total. The van der Waals surface area contributed by atoms with Gasteiger partial charge in [0.2, 0.25) is 5.95 Å². The Kier molecular flexibility index (Phi) is 9.57. The second-order valence-corrected chi connectivity index (χ2v) is 6.80. The number of nitrogen functional groups attached to an aromatic ring is 1. The van der Waals surface area contributed by atoms with Crippen molar-refractivity contribution in [2.24, 2.45) is 0 Å². The first-order valence-corrected chi connectivity index (χ1v) is 9.38. The molecular formula is C19H17FKN7O6. The van der Waals surface area contributed by atoms with Gasteiger partial charge in [-0.3, -0.25) is 14.6 Å². The molecule has 0 saturated carbocycles. The molecule has 1 unspecified atom stereocenters. The fraction of sp³-hybridized carbons (Fsp3) is 0.211. The van der Waals surface area contributed by atoms with Gasteiger partial charge in [0.1, 0.15) is 12.2 Å². The second kappa shape index (κ2) is 11.9. The zero-order valence-electron chi connectivity index (χ0n) is 17.7. The number of carboxylic acids is 2. The molecule has 15 heteroatoms. The third-order valence-corrected chi connectivity index (χ3v) is 4.41. The number of halogens is 1. The van der Waals surface area contributed by atoms with E-state index in [0.29, 0.717) is 11.4 Å². The van der Waals surface area contributed by atoms with E-state index in [4.69, 9.17) is 10.8 Å². The summed E-state index contributed by atoms with van der Waals surface area (Å²) in [7, 11) is 0. The van der Waals surface area contributed by atoms with Crippen LogP contribution in [0.3, 0.4) is 0 Å². The van der Waals surface area contributed by atoms with Crippen molar-refractivity contribution < 1.29 is 80.4 Å². The smallest absolute Gasteiger partial charge is 0.547 e. The first-order chi connectivity index (χ1) is 15.6. The van der Waals surface area contributed by atoms with Gasteiger partial charge in [-0.15, -0.1) is 0 Å². The molecule has 3 rings (SSSR count). The molecule has 0 aliphatic rings. The first-order valence-electron chi connectivity index (χ1n) is 9.38. The summed E-state index contributed by atoms with van der Waals surface area (Å²) in [4.78, 5) is 60.2. The standard InChI is InChI=1S/C19H18FN7O6.K/c20-11(17(30)31)5-12(18(32)33)25-15(28)8-1-3-9(4-2-8)22-6-10-7-23-14-13(24-10)16(29)27-19(21)26-14;/h1-4,7,11-12,22H,5-6H2,(H,25,28)(H,30,31)(H,32,33)(H3,21,23,26,27,29);/q;+1/p-1/t11?,12-;/m0./s1.